The number of hydrogen-bond acceptors (Lipinski definition) is 2. The van der Waals surface area contributed by atoms with Crippen molar-refractivity contribution in [1.82, 2.24) is 0 Å². The van der Waals surface area contributed by atoms with Gasteiger partial charge in [0.2, 0.25) is 0 Å². The van der Waals surface area contributed by atoms with E-state index in [9.17, 15) is 0 Å². The Morgan fingerprint density at radius 1 is 1.38 bits per heavy atom. The van der Waals surface area contributed by atoms with Crippen molar-refractivity contribution < 1.29 is 4.74 Å². The first-order chi connectivity index (χ1) is 7.59. The van der Waals surface area contributed by atoms with Crippen LogP contribution in [0.15, 0.2) is 24.3 Å². The van der Waals surface area contributed by atoms with Crippen LogP contribution in [0.2, 0.25) is 0 Å². The summed E-state index contributed by atoms with van der Waals surface area (Å²) in [6.07, 6.45) is 3.15. The third-order valence-corrected chi connectivity index (χ3v) is 3.25. The second-order valence-electron chi connectivity index (χ2n) is 5.37. The van der Waals surface area contributed by atoms with Gasteiger partial charge < -0.3 is 10.5 Å². The minimum absolute atomic E-state index is 0.168. The molecule has 2 N–H and O–H groups in total. The highest BCUT2D eigenvalue weighted by Crippen LogP contribution is 2.30. The molecule has 1 heterocycles. The lowest BCUT2D eigenvalue weighted by molar-refractivity contribution is 0.175. The molecule has 0 bridgehead atoms. The van der Waals surface area contributed by atoms with Gasteiger partial charge in [0.15, 0.2) is 0 Å². The smallest absolute Gasteiger partial charge is 0.122 e. The third kappa shape index (κ3) is 2.56. The van der Waals surface area contributed by atoms with Gasteiger partial charge in [0, 0.05) is 0 Å². The fourth-order valence-electron chi connectivity index (χ4n) is 2.18. The molecule has 0 saturated carbocycles. The van der Waals surface area contributed by atoms with Gasteiger partial charge in [-0.25, -0.2) is 0 Å². The van der Waals surface area contributed by atoms with Gasteiger partial charge >= 0.3 is 0 Å². The van der Waals surface area contributed by atoms with Crippen LogP contribution in [0.25, 0.3) is 0 Å². The molecular weight excluding hydrogens is 198 g/mol. The maximum atomic E-state index is 6.40. The predicted octanol–water partition coefficient (Wildman–Crippen LogP) is 2.76. The highest BCUT2D eigenvalue weighted by Gasteiger charge is 2.31. The maximum absolute atomic E-state index is 6.40. The van der Waals surface area contributed by atoms with Crippen LogP contribution in [0.1, 0.15) is 32.3 Å². The average Bonchev–Trinajstić information content (AvgIpc) is 2.26. The number of fused-ring (bicyclic) bond motifs is 1. The highest BCUT2D eigenvalue weighted by atomic mass is 16.5. The van der Waals surface area contributed by atoms with Crippen molar-refractivity contribution in [1.29, 1.82) is 0 Å². The molecule has 16 heavy (non-hydrogen) atoms. The molecule has 0 spiro atoms. The largest absolute Gasteiger partial charge is 0.491 e. The molecular formula is C14H21NO. The first kappa shape index (κ1) is 11.5. The lowest BCUT2D eigenvalue weighted by atomic mass is 9.84. The molecule has 1 aliphatic heterocycles. The summed E-state index contributed by atoms with van der Waals surface area (Å²) in [5, 5.41) is 0. The third-order valence-electron chi connectivity index (χ3n) is 3.25. The van der Waals surface area contributed by atoms with Crippen molar-refractivity contribution >= 4 is 0 Å². The average molecular weight is 219 g/mol. The van der Waals surface area contributed by atoms with E-state index in [1.807, 2.05) is 12.1 Å². The summed E-state index contributed by atoms with van der Waals surface area (Å²) < 4.78 is 5.75. The van der Waals surface area contributed by atoms with Gasteiger partial charge in [0.25, 0.3) is 0 Å². The van der Waals surface area contributed by atoms with Gasteiger partial charge in [0.1, 0.15) is 12.4 Å². The van der Waals surface area contributed by atoms with Gasteiger partial charge in [-0.15, -0.1) is 0 Å². The van der Waals surface area contributed by atoms with E-state index < -0.39 is 0 Å². The SMILES string of the molecule is CC(C)CCC1(N)COc2ccccc2C1. The Bertz CT molecular complexity index is 362. The predicted molar refractivity (Wildman–Crippen MR) is 66.6 cm³/mol. The minimum atomic E-state index is -0.168. The molecule has 1 unspecified atom stereocenters. The number of nitrogens with two attached hydrogens (primary N) is 1. The minimum Gasteiger partial charge on any atom is -0.491 e. The molecule has 2 heteroatoms. The van der Waals surface area contributed by atoms with Crippen molar-refractivity contribution in [3.05, 3.63) is 29.8 Å². The fourth-order valence-corrected chi connectivity index (χ4v) is 2.18. The van der Waals surface area contributed by atoms with E-state index in [4.69, 9.17) is 10.5 Å². The zero-order valence-corrected chi connectivity index (χ0v) is 10.2. The van der Waals surface area contributed by atoms with E-state index in [1.54, 1.807) is 0 Å². The van der Waals surface area contributed by atoms with Crippen LogP contribution in [0.3, 0.4) is 0 Å². The zero-order chi connectivity index (χ0) is 11.6. The van der Waals surface area contributed by atoms with E-state index in [-0.39, 0.29) is 5.54 Å². The Balaban J connectivity index is 2.06. The molecule has 1 aromatic rings. The van der Waals surface area contributed by atoms with Gasteiger partial charge in [-0.05, 0) is 36.8 Å². The van der Waals surface area contributed by atoms with Crippen LogP contribution < -0.4 is 10.5 Å². The molecule has 1 aliphatic rings. The second kappa shape index (κ2) is 4.46. The molecule has 2 nitrogen and oxygen atoms in total. The Morgan fingerprint density at radius 2 is 2.12 bits per heavy atom. The van der Waals surface area contributed by atoms with Crippen LogP contribution in [0.5, 0.6) is 5.75 Å². The summed E-state index contributed by atoms with van der Waals surface area (Å²) in [6.45, 7) is 5.12. The molecule has 0 saturated heterocycles. The van der Waals surface area contributed by atoms with Gasteiger partial charge in [-0.3, -0.25) is 0 Å². The topological polar surface area (TPSA) is 35.2 Å². The Morgan fingerprint density at radius 3 is 2.88 bits per heavy atom. The Labute approximate surface area is 97.8 Å². The molecule has 1 atom stereocenters. The molecule has 0 amide bonds. The highest BCUT2D eigenvalue weighted by molar-refractivity contribution is 5.36. The fraction of sp³-hybridized carbons (Fsp3) is 0.571. The molecule has 0 radical (unpaired) electrons. The summed E-state index contributed by atoms with van der Waals surface area (Å²) in [4.78, 5) is 0. The van der Waals surface area contributed by atoms with E-state index in [2.05, 4.69) is 26.0 Å². The normalized spacial score (nSPS) is 24.0. The Kier molecular flexibility index (Phi) is 3.20. The standard InChI is InChI=1S/C14H21NO/c1-11(2)7-8-14(15)9-12-5-3-4-6-13(12)16-10-14/h3-6,11H,7-10,15H2,1-2H3. The van der Waals surface area contributed by atoms with Crippen LogP contribution in [-0.2, 0) is 6.42 Å². The van der Waals surface area contributed by atoms with Crippen molar-refractivity contribution in [2.45, 2.75) is 38.6 Å². The van der Waals surface area contributed by atoms with Crippen LogP contribution >= 0.6 is 0 Å². The van der Waals surface area contributed by atoms with Crippen molar-refractivity contribution in [2.75, 3.05) is 6.61 Å². The molecule has 0 aliphatic carbocycles. The Hall–Kier alpha value is -1.02. The first-order valence-corrected chi connectivity index (χ1v) is 6.09. The summed E-state index contributed by atoms with van der Waals surface area (Å²) >= 11 is 0. The van der Waals surface area contributed by atoms with Crippen LogP contribution in [-0.4, -0.2) is 12.1 Å². The van der Waals surface area contributed by atoms with E-state index in [0.29, 0.717) is 12.5 Å². The van der Waals surface area contributed by atoms with E-state index >= 15 is 0 Å². The van der Waals surface area contributed by atoms with Crippen molar-refractivity contribution in [2.24, 2.45) is 11.7 Å². The van der Waals surface area contributed by atoms with E-state index in [0.717, 1.165) is 18.6 Å². The molecule has 1 aromatic carbocycles. The van der Waals surface area contributed by atoms with Gasteiger partial charge in [-0.1, -0.05) is 32.0 Å². The van der Waals surface area contributed by atoms with Gasteiger partial charge in [-0.2, -0.15) is 0 Å². The van der Waals surface area contributed by atoms with Crippen LogP contribution in [0.4, 0.5) is 0 Å². The lowest BCUT2D eigenvalue weighted by Crippen LogP contribution is -2.50. The van der Waals surface area contributed by atoms with Gasteiger partial charge in [0.05, 0.1) is 5.54 Å². The van der Waals surface area contributed by atoms with Crippen molar-refractivity contribution in [3.63, 3.8) is 0 Å². The first-order valence-electron chi connectivity index (χ1n) is 6.09. The second-order valence-corrected chi connectivity index (χ2v) is 5.37. The maximum Gasteiger partial charge on any atom is 0.122 e. The number of ether oxygens (including phenoxy) is 1. The summed E-state index contributed by atoms with van der Waals surface area (Å²) in [6, 6.07) is 8.20. The summed E-state index contributed by atoms with van der Waals surface area (Å²) in [5.74, 6) is 1.71. The van der Waals surface area contributed by atoms with Crippen LogP contribution in [0, 0.1) is 5.92 Å². The quantitative estimate of drug-likeness (QED) is 0.848. The molecule has 0 fully saturated rings. The number of rotatable bonds is 3. The molecule has 0 aromatic heterocycles. The number of hydrogen-bond donors (Lipinski definition) is 1. The molecule has 88 valence electrons. The van der Waals surface area contributed by atoms with Crippen molar-refractivity contribution in [3.8, 4) is 5.75 Å². The monoisotopic (exact) mass is 219 g/mol. The number of para-hydroxylation sites is 1. The van der Waals surface area contributed by atoms with E-state index in [1.165, 1.54) is 12.0 Å². The molecule has 2 rings (SSSR count). The number of benzene rings is 1. The summed E-state index contributed by atoms with van der Waals surface area (Å²) in [7, 11) is 0. The summed E-state index contributed by atoms with van der Waals surface area (Å²) in [5.41, 5.74) is 7.48. The zero-order valence-electron chi connectivity index (χ0n) is 10.2. The lowest BCUT2D eigenvalue weighted by Gasteiger charge is -2.35.